The van der Waals surface area contributed by atoms with Crippen molar-refractivity contribution in [2.24, 2.45) is 0 Å². The van der Waals surface area contributed by atoms with Gasteiger partial charge in [0.1, 0.15) is 10.9 Å². The van der Waals surface area contributed by atoms with Gasteiger partial charge < -0.3 is 10.3 Å². The highest BCUT2D eigenvalue weighted by molar-refractivity contribution is 7.21. The molecule has 0 fully saturated rings. The Morgan fingerprint density at radius 1 is 1.07 bits per heavy atom. The standard InChI is InChI=1S/C23H16N4S/c24-12-18-14-27-23-19(11-21(28-23)16-4-2-1-3-5-16)22(18)26-13-15-6-7-20-17(10-15)8-9-25-20/h1-11,14,25H,13H2,(H,26,27). The molecule has 0 unspecified atom stereocenters. The number of H-pyrrole nitrogens is 1. The monoisotopic (exact) mass is 380 g/mol. The van der Waals surface area contributed by atoms with E-state index in [1.165, 1.54) is 10.9 Å². The molecular weight excluding hydrogens is 364 g/mol. The van der Waals surface area contributed by atoms with Crippen LogP contribution in [0.5, 0.6) is 0 Å². The van der Waals surface area contributed by atoms with Gasteiger partial charge in [-0.15, -0.1) is 11.3 Å². The number of hydrogen-bond acceptors (Lipinski definition) is 4. The zero-order valence-corrected chi connectivity index (χ0v) is 15.8. The van der Waals surface area contributed by atoms with Crippen molar-refractivity contribution in [2.45, 2.75) is 6.54 Å². The molecule has 0 atom stereocenters. The van der Waals surface area contributed by atoms with Crippen LogP contribution < -0.4 is 5.32 Å². The number of nitriles is 1. The van der Waals surface area contributed by atoms with E-state index in [2.05, 4.69) is 63.8 Å². The van der Waals surface area contributed by atoms with E-state index in [9.17, 15) is 5.26 Å². The number of fused-ring (bicyclic) bond motifs is 2. The molecule has 5 aromatic rings. The fourth-order valence-corrected chi connectivity index (χ4v) is 4.43. The van der Waals surface area contributed by atoms with Crippen LogP contribution in [0.15, 0.2) is 73.1 Å². The van der Waals surface area contributed by atoms with E-state index in [1.807, 2.05) is 24.4 Å². The first-order chi connectivity index (χ1) is 13.8. The molecule has 0 bridgehead atoms. The third-order valence-corrected chi connectivity index (χ3v) is 5.92. The first-order valence-electron chi connectivity index (χ1n) is 9.00. The van der Waals surface area contributed by atoms with E-state index < -0.39 is 0 Å². The summed E-state index contributed by atoms with van der Waals surface area (Å²) in [6, 6.07) is 23.1. The summed E-state index contributed by atoms with van der Waals surface area (Å²) in [5.74, 6) is 0. The van der Waals surface area contributed by atoms with Gasteiger partial charge in [-0.25, -0.2) is 4.98 Å². The largest absolute Gasteiger partial charge is 0.379 e. The lowest BCUT2D eigenvalue weighted by Gasteiger charge is -2.10. The minimum Gasteiger partial charge on any atom is -0.379 e. The highest BCUT2D eigenvalue weighted by Gasteiger charge is 2.13. The first-order valence-corrected chi connectivity index (χ1v) is 9.81. The Morgan fingerprint density at radius 2 is 1.96 bits per heavy atom. The van der Waals surface area contributed by atoms with Crippen LogP contribution in [-0.2, 0) is 6.54 Å². The van der Waals surface area contributed by atoms with Crippen molar-refractivity contribution >= 4 is 38.1 Å². The molecule has 4 nitrogen and oxygen atoms in total. The third-order valence-electron chi connectivity index (χ3n) is 4.83. The Kier molecular flexibility index (Phi) is 4.04. The van der Waals surface area contributed by atoms with Gasteiger partial charge in [-0.1, -0.05) is 36.4 Å². The predicted octanol–water partition coefficient (Wildman–Crippen LogP) is 5.93. The van der Waals surface area contributed by atoms with Crippen LogP contribution in [0.25, 0.3) is 31.6 Å². The molecule has 0 saturated carbocycles. The normalized spacial score (nSPS) is 11.0. The van der Waals surface area contributed by atoms with E-state index in [0.717, 1.165) is 31.9 Å². The Bertz CT molecular complexity index is 1330. The maximum atomic E-state index is 9.58. The molecule has 3 aromatic heterocycles. The maximum Gasteiger partial charge on any atom is 0.125 e. The molecule has 0 aliphatic rings. The molecule has 0 spiro atoms. The number of thiophene rings is 1. The number of hydrogen-bond donors (Lipinski definition) is 2. The fraction of sp³-hybridized carbons (Fsp3) is 0.0435. The van der Waals surface area contributed by atoms with E-state index in [1.54, 1.807) is 17.5 Å². The van der Waals surface area contributed by atoms with Crippen molar-refractivity contribution in [1.29, 1.82) is 5.26 Å². The number of aromatic amines is 1. The Balaban J connectivity index is 1.53. The average molecular weight is 380 g/mol. The lowest BCUT2D eigenvalue weighted by Crippen LogP contribution is -2.02. The molecule has 0 saturated heterocycles. The molecule has 0 aliphatic carbocycles. The molecular formula is C23H16N4S. The molecule has 28 heavy (non-hydrogen) atoms. The second kappa shape index (κ2) is 6.84. The van der Waals surface area contributed by atoms with Crippen LogP contribution in [0, 0.1) is 11.3 Å². The molecule has 134 valence electrons. The summed E-state index contributed by atoms with van der Waals surface area (Å²) >= 11 is 1.64. The van der Waals surface area contributed by atoms with Crippen molar-refractivity contribution in [1.82, 2.24) is 9.97 Å². The predicted molar refractivity (Wildman–Crippen MR) is 115 cm³/mol. The number of benzene rings is 2. The van der Waals surface area contributed by atoms with Crippen LogP contribution in [0.4, 0.5) is 5.69 Å². The van der Waals surface area contributed by atoms with Crippen molar-refractivity contribution in [3.8, 4) is 16.5 Å². The van der Waals surface area contributed by atoms with Crippen molar-refractivity contribution in [3.63, 3.8) is 0 Å². The van der Waals surface area contributed by atoms with Gasteiger partial charge in [-0.2, -0.15) is 5.26 Å². The zero-order chi connectivity index (χ0) is 18.9. The van der Waals surface area contributed by atoms with E-state index in [-0.39, 0.29) is 0 Å². The summed E-state index contributed by atoms with van der Waals surface area (Å²) in [5, 5.41) is 15.2. The number of anilines is 1. The van der Waals surface area contributed by atoms with Crippen molar-refractivity contribution < 1.29 is 0 Å². The number of aromatic nitrogens is 2. The van der Waals surface area contributed by atoms with Gasteiger partial charge in [-0.3, -0.25) is 0 Å². The average Bonchev–Trinajstić information content (AvgIpc) is 3.39. The topological polar surface area (TPSA) is 64.5 Å². The highest BCUT2D eigenvalue weighted by Crippen LogP contribution is 2.37. The quantitative estimate of drug-likeness (QED) is 0.406. The van der Waals surface area contributed by atoms with Crippen LogP contribution in [0.1, 0.15) is 11.1 Å². The lowest BCUT2D eigenvalue weighted by atomic mass is 10.1. The van der Waals surface area contributed by atoms with Gasteiger partial charge in [0.2, 0.25) is 0 Å². The molecule has 5 rings (SSSR count). The molecule has 5 heteroatoms. The summed E-state index contributed by atoms with van der Waals surface area (Å²) < 4.78 is 0. The Morgan fingerprint density at radius 3 is 2.82 bits per heavy atom. The van der Waals surface area contributed by atoms with Crippen LogP contribution in [-0.4, -0.2) is 9.97 Å². The molecule has 0 aliphatic heterocycles. The maximum absolute atomic E-state index is 9.58. The van der Waals surface area contributed by atoms with E-state index in [0.29, 0.717) is 12.1 Å². The van der Waals surface area contributed by atoms with Crippen LogP contribution >= 0.6 is 11.3 Å². The molecule has 0 amide bonds. The van der Waals surface area contributed by atoms with E-state index in [4.69, 9.17) is 0 Å². The smallest absolute Gasteiger partial charge is 0.125 e. The van der Waals surface area contributed by atoms with Gasteiger partial charge in [-0.05, 0) is 40.8 Å². The molecule has 2 N–H and O–H groups in total. The molecule has 3 heterocycles. The van der Waals surface area contributed by atoms with Gasteiger partial charge in [0.25, 0.3) is 0 Å². The van der Waals surface area contributed by atoms with Crippen LogP contribution in [0.3, 0.4) is 0 Å². The summed E-state index contributed by atoms with van der Waals surface area (Å²) in [7, 11) is 0. The van der Waals surface area contributed by atoms with Gasteiger partial charge >= 0.3 is 0 Å². The summed E-state index contributed by atoms with van der Waals surface area (Å²) in [6.07, 6.45) is 3.60. The van der Waals surface area contributed by atoms with Gasteiger partial charge in [0.05, 0.1) is 11.3 Å². The third kappa shape index (κ3) is 2.90. The van der Waals surface area contributed by atoms with Gasteiger partial charge in [0.15, 0.2) is 0 Å². The lowest BCUT2D eigenvalue weighted by molar-refractivity contribution is 1.15. The Labute approximate surface area is 166 Å². The summed E-state index contributed by atoms with van der Waals surface area (Å²) in [4.78, 5) is 9.79. The number of rotatable bonds is 4. The number of pyridine rings is 1. The zero-order valence-electron chi connectivity index (χ0n) is 14.9. The first kappa shape index (κ1) is 16.5. The summed E-state index contributed by atoms with van der Waals surface area (Å²) in [6.45, 7) is 0.644. The number of nitrogens with one attached hydrogen (secondary N) is 2. The van der Waals surface area contributed by atoms with Crippen molar-refractivity contribution in [2.75, 3.05) is 5.32 Å². The highest BCUT2D eigenvalue weighted by atomic mass is 32.1. The van der Waals surface area contributed by atoms with E-state index >= 15 is 0 Å². The minimum absolute atomic E-state index is 0.563. The molecule has 0 radical (unpaired) electrons. The second-order valence-electron chi connectivity index (χ2n) is 6.61. The fourth-order valence-electron chi connectivity index (χ4n) is 3.41. The number of nitrogens with zero attached hydrogens (tertiary/aromatic N) is 2. The SMILES string of the molecule is N#Cc1cnc2sc(-c3ccccc3)cc2c1NCc1ccc2[nH]ccc2c1. The molecule has 2 aromatic carbocycles. The second-order valence-corrected chi connectivity index (χ2v) is 7.64. The van der Waals surface area contributed by atoms with Crippen LogP contribution in [0.2, 0.25) is 0 Å². The van der Waals surface area contributed by atoms with Gasteiger partial charge in [0, 0.05) is 34.7 Å². The Hall–Kier alpha value is -3.62. The summed E-state index contributed by atoms with van der Waals surface area (Å²) in [5.41, 5.74) is 4.86. The van der Waals surface area contributed by atoms with Crippen molar-refractivity contribution in [3.05, 3.63) is 84.2 Å². The minimum atomic E-state index is 0.563.